The van der Waals surface area contributed by atoms with E-state index in [0.717, 1.165) is 6.54 Å². The Bertz CT molecular complexity index is 878. The Hall–Kier alpha value is -1.55. The third-order valence-corrected chi connectivity index (χ3v) is 7.13. The summed E-state index contributed by atoms with van der Waals surface area (Å²) in [5, 5.41) is 0. The molecule has 0 fully saturated rings. The fourth-order valence-electron chi connectivity index (χ4n) is 4.55. The van der Waals surface area contributed by atoms with E-state index in [1.165, 1.54) is 33.6 Å². The van der Waals surface area contributed by atoms with Gasteiger partial charge in [0.1, 0.15) is 6.21 Å². The fourth-order valence-corrected chi connectivity index (χ4v) is 5.29. The number of benzene rings is 2. The minimum Gasteiger partial charge on any atom is -0.330 e. The summed E-state index contributed by atoms with van der Waals surface area (Å²) in [5.74, 6) is 2.04. The van der Waals surface area contributed by atoms with E-state index in [1.807, 2.05) is 0 Å². The molecule has 0 aliphatic carbocycles. The highest BCUT2D eigenvalue weighted by molar-refractivity contribution is 9.24. The quantitative estimate of drug-likeness (QED) is 0.392. The van der Waals surface area contributed by atoms with Gasteiger partial charge in [-0.05, 0) is 50.6 Å². The Kier molecular flexibility index (Phi) is 7.17. The zero-order chi connectivity index (χ0) is 22.2. The van der Waals surface area contributed by atoms with Crippen molar-refractivity contribution in [2.24, 2.45) is 0 Å². The van der Waals surface area contributed by atoms with Crippen LogP contribution in [0.15, 0.2) is 36.4 Å². The fraction of sp³-hybridized carbons (Fsp3) is 0.500. The van der Waals surface area contributed by atoms with Crippen molar-refractivity contribution in [3.8, 4) is 0 Å². The first-order chi connectivity index (χ1) is 14.1. The Morgan fingerprint density at radius 2 is 1.13 bits per heavy atom. The van der Waals surface area contributed by atoms with E-state index in [9.17, 15) is 0 Å². The number of hydrogen-bond donors (Lipinski definition) is 0. The van der Waals surface area contributed by atoms with Crippen LogP contribution in [0.4, 0.5) is 11.4 Å². The highest BCUT2D eigenvalue weighted by Crippen LogP contribution is 2.41. The summed E-state index contributed by atoms with van der Waals surface area (Å²) in [6, 6.07) is 13.6. The number of para-hydroxylation sites is 2. The maximum Gasteiger partial charge on any atom is 0.695 e. The van der Waals surface area contributed by atoms with Gasteiger partial charge in [-0.3, -0.25) is 4.49 Å². The second-order valence-electron chi connectivity index (χ2n) is 9.74. The van der Waals surface area contributed by atoms with Crippen molar-refractivity contribution < 1.29 is 4.49 Å². The molecule has 30 heavy (non-hydrogen) atoms. The number of halogens is 1. The molecule has 0 amide bonds. The predicted octanol–water partition coefficient (Wildman–Crippen LogP) is 7.80. The van der Waals surface area contributed by atoms with E-state index < -0.39 is 0 Å². The summed E-state index contributed by atoms with van der Waals surface area (Å²) in [6.45, 7) is 19.3. The zero-order valence-corrected chi connectivity index (χ0v) is 21.5. The van der Waals surface area contributed by atoms with Crippen molar-refractivity contribution in [3.05, 3.63) is 58.7 Å². The molecule has 4 heteroatoms. The third kappa shape index (κ3) is 4.26. The molecular formula is C26H37BBrN2+. The lowest BCUT2D eigenvalue weighted by Gasteiger charge is -2.27. The first kappa shape index (κ1) is 23.1. The van der Waals surface area contributed by atoms with Gasteiger partial charge in [-0.15, -0.1) is 0 Å². The van der Waals surface area contributed by atoms with Crippen LogP contribution in [0.25, 0.3) is 0 Å². The Morgan fingerprint density at radius 1 is 0.733 bits per heavy atom. The number of hydrogen-bond acceptors (Lipinski definition) is 1. The minimum absolute atomic E-state index is 0.104. The van der Waals surface area contributed by atoms with Gasteiger partial charge in [0.2, 0.25) is 0 Å². The van der Waals surface area contributed by atoms with Crippen LogP contribution in [0.3, 0.4) is 0 Å². The van der Waals surface area contributed by atoms with Crippen molar-refractivity contribution in [1.29, 1.82) is 0 Å². The van der Waals surface area contributed by atoms with Crippen LogP contribution >= 0.6 is 15.8 Å². The molecule has 2 nitrogen and oxygen atoms in total. The summed E-state index contributed by atoms with van der Waals surface area (Å²) in [4.78, 5) is 2.53. The molecule has 0 radical (unpaired) electrons. The molecule has 0 saturated heterocycles. The molecule has 0 N–H and O–H groups in total. The summed E-state index contributed by atoms with van der Waals surface area (Å²) in [5.41, 5.74) is 8.48. The third-order valence-electron chi connectivity index (χ3n) is 6.19. The number of rotatable bonds is 6. The predicted molar refractivity (Wildman–Crippen MR) is 137 cm³/mol. The maximum absolute atomic E-state index is 4.10. The van der Waals surface area contributed by atoms with Gasteiger partial charge in [-0.2, -0.15) is 0 Å². The molecule has 2 aromatic carbocycles. The molecule has 0 unspecified atom stereocenters. The van der Waals surface area contributed by atoms with E-state index in [2.05, 4.69) is 123 Å². The highest BCUT2D eigenvalue weighted by atomic mass is 79.9. The molecule has 0 aromatic heterocycles. The molecule has 3 rings (SSSR count). The SMILES string of the molecule is CC(C)c1cccc(C(C)C)c1N1CC=[N+](c2c(C(C)C)cccc2C(C)C)B1Br. The molecule has 1 aliphatic rings. The van der Waals surface area contributed by atoms with E-state index >= 15 is 0 Å². The van der Waals surface area contributed by atoms with Crippen LogP contribution < -0.4 is 4.81 Å². The largest absolute Gasteiger partial charge is 0.695 e. The molecule has 2 aromatic rings. The number of anilines is 1. The van der Waals surface area contributed by atoms with Crippen LogP contribution in [-0.4, -0.2) is 23.1 Å². The average molecular weight is 468 g/mol. The second kappa shape index (κ2) is 9.30. The van der Waals surface area contributed by atoms with E-state index in [0.29, 0.717) is 23.7 Å². The molecule has 0 spiro atoms. The lowest BCUT2D eigenvalue weighted by Crippen LogP contribution is -2.37. The topological polar surface area (TPSA) is 6.25 Å². The van der Waals surface area contributed by atoms with Gasteiger partial charge in [0, 0.05) is 16.8 Å². The van der Waals surface area contributed by atoms with Gasteiger partial charge < -0.3 is 4.81 Å². The Morgan fingerprint density at radius 3 is 1.53 bits per heavy atom. The van der Waals surface area contributed by atoms with Crippen LogP contribution in [0.2, 0.25) is 0 Å². The van der Waals surface area contributed by atoms with E-state index in [1.54, 1.807) is 0 Å². The highest BCUT2D eigenvalue weighted by Gasteiger charge is 2.46. The monoisotopic (exact) mass is 467 g/mol. The van der Waals surface area contributed by atoms with Crippen molar-refractivity contribution in [3.63, 3.8) is 0 Å². The maximum atomic E-state index is 4.10. The number of nitrogens with zero attached hydrogens (tertiary/aromatic N) is 2. The van der Waals surface area contributed by atoms with Gasteiger partial charge >= 0.3 is 5.81 Å². The van der Waals surface area contributed by atoms with Crippen molar-refractivity contribution >= 4 is 39.2 Å². The lowest BCUT2D eigenvalue weighted by molar-refractivity contribution is -0.271. The molecule has 1 aliphatic heterocycles. The zero-order valence-electron chi connectivity index (χ0n) is 19.9. The molecular weight excluding hydrogens is 431 g/mol. The summed E-state index contributed by atoms with van der Waals surface area (Å²) in [6.07, 6.45) is 2.37. The second-order valence-corrected chi connectivity index (χ2v) is 10.6. The Balaban J connectivity index is 2.12. The average Bonchev–Trinajstić information content (AvgIpc) is 3.07. The summed E-state index contributed by atoms with van der Waals surface area (Å²) < 4.78 is 2.46. The standard InChI is InChI=1S/C26H37BBrN2/c1-17(2)21-11-9-12-22(18(3)4)25(21)29-15-16-30(27(29)28)26-23(19(5)6)13-10-14-24(26)20(7)8/h9-15,17-20H,16H2,1-8H3/q+1. The van der Waals surface area contributed by atoms with Gasteiger partial charge in [-0.1, -0.05) is 91.8 Å². The lowest BCUT2D eigenvalue weighted by atomic mass is 9.88. The first-order valence-electron chi connectivity index (χ1n) is 11.4. The van der Waals surface area contributed by atoms with Crippen LogP contribution in [0.1, 0.15) is 101 Å². The van der Waals surface area contributed by atoms with Crippen LogP contribution in [0.5, 0.6) is 0 Å². The molecule has 160 valence electrons. The molecule has 1 heterocycles. The van der Waals surface area contributed by atoms with Gasteiger partial charge in [0.05, 0.1) is 6.54 Å². The van der Waals surface area contributed by atoms with Crippen molar-refractivity contribution in [1.82, 2.24) is 0 Å². The molecule has 0 atom stereocenters. The normalized spacial score (nSPS) is 14.6. The van der Waals surface area contributed by atoms with Crippen LogP contribution in [-0.2, 0) is 0 Å². The molecule has 0 saturated carbocycles. The smallest absolute Gasteiger partial charge is 0.330 e. The first-order valence-corrected chi connectivity index (χ1v) is 12.3. The van der Waals surface area contributed by atoms with Gasteiger partial charge in [-0.25, -0.2) is 0 Å². The van der Waals surface area contributed by atoms with Crippen molar-refractivity contribution in [2.75, 3.05) is 11.4 Å². The minimum atomic E-state index is 0.104. The van der Waals surface area contributed by atoms with Gasteiger partial charge in [0.25, 0.3) is 0 Å². The van der Waals surface area contributed by atoms with E-state index in [-0.39, 0.29) is 5.81 Å². The van der Waals surface area contributed by atoms with E-state index in [4.69, 9.17) is 0 Å². The van der Waals surface area contributed by atoms with Gasteiger partial charge in [0.15, 0.2) is 5.69 Å². The Labute approximate surface area is 192 Å². The molecule has 0 bridgehead atoms. The summed E-state index contributed by atoms with van der Waals surface area (Å²) in [7, 11) is 0. The summed E-state index contributed by atoms with van der Waals surface area (Å²) >= 11 is 4.10. The van der Waals surface area contributed by atoms with Crippen molar-refractivity contribution in [2.45, 2.75) is 79.1 Å². The van der Waals surface area contributed by atoms with Crippen LogP contribution in [0, 0.1) is 0 Å².